The van der Waals surface area contributed by atoms with Crippen LogP contribution in [-0.2, 0) is 0 Å². The average molecular weight is 256 g/mol. The van der Waals surface area contributed by atoms with Crippen molar-refractivity contribution in [2.45, 2.75) is 13.3 Å². The second-order valence-electron chi connectivity index (χ2n) is 4.07. The summed E-state index contributed by atoms with van der Waals surface area (Å²) in [5, 5.41) is 13.5. The SMILES string of the molecule is CCCNc1ccc(C(=O)Nc2cccnn2)cc1. The predicted octanol–water partition coefficient (Wildman–Crippen LogP) is 2.55. The van der Waals surface area contributed by atoms with Gasteiger partial charge >= 0.3 is 0 Å². The maximum atomic E-state index is 11.9. The van der Waals surface area contributed by atoms with Crippen LogP contribution in [0.4, 0.5) is 11.5 Å². The van der Waals surface area contributed by atoms with Crippen LogP contribution in [0.2, 0.25) is 0 Å². The Balaban J connectivity index is 1.99. The van der Waals surface area contributed by atoms with Gasteiger partial charge in [0.1, 0.15) is 0 Å². The van der Waals surface area contributed by atoms with Crippen molar-refractivity contribution in [3.63, 3.8) is 0 Å². The third-order valence-electron chi connectivity index (χ3n) is 2.54. The molecule has 0 aliphatic carbocycles. The summed E-state index contributed by atoms with van der Waals surface area (Å²) in [6, 6.07) is 10.8. The van der Waals surface area contributed by atoms with Crippen LogP contribution < -0.4 is 10.6 Å². The molecular formula is C14H16N4O. The highest BCUT2D eigenvalue weighted by atomic mass is 16.1. The number of benzene rings is 1. The van der Waals surface area contributed by atoms with Gasteiger partial charge in [-0.3, -0.25) is 4.79 Å². The smallest absolute Gasteiger partial charge is 0.256 e. The Hall–Kier alpha value is -2.43. The van der Waals surface area contributed by atoms with Crippen LogP contribution in [0.3, 0.4) is 0 Å². The number of nitrogens with one attached hydrogen (secondary N) is 2. The van der Waals surface area contributed by atoms with Crippen LogP contribution in [0, 0.1) is 0 Å². The molecule has 0 aliphatic rings. The highest BCUT2D eigenvalue weighted by molar-refractivity contribution is 6.03. The first kappa shape index (κ1) is 13.0. The number of amides is 1. The minimum Gasteiger partial charge on any atom is -0.385 e. The monoisotopic (exact) mass is 256 g/mol. The molecule has 5 heteroatoms. The lowest BCUT2D eigenvalue weighted by Gasteiger charge is -2.06. The van der Waals surface area contributed by atoms with Gasteiger partial charge in [-0.15, -0.1) is 5.10 Å². The van der Waals surface area contributed by atoms with Gasteiger partial charge in [0, 0.05) is 24.0 Å². The number of carbonyl (C=O) groups is 1. The molecule has 2 N–H and O–H groups in total. The fourth-order valence-electron chi connectivity index (χ4n) is 1.57. The first-order valence-electron chi connectivity index (χ1n) is 6.22. The van der Waals surface area contributed by atoms with E-state index in [0.29, 0.717) is 11.4 Å². The van der Waals surface area contributed by atoms with E-state index >= 15 is 0 Å². The maximum Gasteiger partial charge on any atom is 0.256 e. The summed E-state index contributed by atoms with van der Waals surface area (Å²) >= 11 is 0. The highest BCUT2D eigenvalue weighted by Crippen LogP contribution is 2.11. The van der Waals surface area contributed by atoms with Crippen molar-refractivity contribution >= 4 is 17.4 Å². The zero-order chi connectivity index (χ0) is 13.5. The van der Waals surface area contributed by atoms with Gasteiger partial charge < -0.3 is 10.6 Å². The molecule has 0 unspecified atom stereocenters. The molecule has 0 saturated heterocycles. The van der Waals surface area contributed by atoms with E-state index in [1.807, 2.05) is 12.1 Å². The van der Waals surface area contributed by atoms with Gasteiger partial charge in [0.2, 0.25) is 0 Å². The molecule has 0 fully saturated rings. The molecule has 2 aromatic rings. The molecule has 1 heterocycles. The van der Waals surface area contributed by atoms with Gasteiger partial charge in [-0.25, -0.2) is 0 Å². The molecule has 1 aromatic carbocycles. The molecular weight excluding hydrogens is 240 g/mol. The number of carbonyl (C=O) groups excluding carboxylic acids is 1. The molecule has 0 atom stereocenters. The normalized spacial score (nSPS) is 9.95. The summed E-state index contributed by atoms with van der Waals surface area (Å²) in [7, 11) is 0. The largest absolute Gasteiger partial charge is 0.385 e. The van der Waals surface area contributed by atoms with E-state index in [9.17, 15) is 4.79 Å². The van der Waals surface area contributed by atoms with E-state index in [-0.39, 0.29) is 5.91 Å². The minimum atomic E-state index is -0.192. The third kappa shape index (κ3) is 3.77. The van der Waals surface area contributed by atoms with Crippen molar-refractivity contribution in [3.8, 4) is 0 Å². The third-order valence-corrected chi connectivity index (χ3v) is 2.54. The van der Waals surface area contributed by atoms with Gasteiger partial charge in [0.15, 0.2) is 5.82 Å². The molecule has 0 spiro atoms. The van der Waals surface area contributed by atoms with E-state index in [2.05, 4.69) is 27.8 Å². The summed E-state index contributed by atoms with van der Waals surface area (Å²) in [6.07, 6.45) is 2.62. The highest BCUT2D eigenvalue weighted by Gasteiger charge is 2.06. The Labute approximate surface area is 112 Å². The lowest BCUT2D eigenvalue weighted by atomic mass is 10.2. The summed E-state index contributed by atoms with van der Waals surface area (Å²) < 4.78 is 0. The average Bonchev–Trinajstić information content (AvgIpc) is 2.46. The molecule has 5 nitrogen and oxygen atoms in total. The van der Waals surface area contributed by atoms with E-state index in [4.69, 9.17) is 0 Å². The summed E-state index contributed by atoms with van der Waals surface area (Å²) in [5.41, 5.74) is 1.60. The lowest BCUT2D eigenvalue weighted by molar-refractivity contribution is 0.102. The number of hydrogen-bond donors (Lipinski definition) is 2. The van der Waals surface area contributed by atoms with Gasteiger partial charge in [0.05, 0.1) is 0 Å². The van der Waals surface area contributed by atoms with Crippen LogP contribution in [0.5, 0.6) is 0 Å². The van der Waals surface area contributed by atoms with Crippen molar-refractivity contribution in [2.24, 2.45) is 0 Å². The number of rotatable bonds is 5. The van der Waals surface area contributed by atoms with Gasteiger partial charge in [-0.05, 0) is 42.8 Å². The Morgan fingerprint density at radius 3 is 2.63 bits per heavy atom. The lowest BCUT2D eigenvalue weighted by Crippen LogP contribution is -2.13. The molecule has 2 rings (SSSR count). The minimum absolute atomic E-state index is 0.192. The number of hydrogen-bond acceptors (Lipinski definition) is 4. The summed E-state index contributed by atoms with van der Waals surface area (Å²) in [6.45, 7) is 3.03. The quantitative estimate of drug-likeness (QED) is 0.862. The van der Waals surface area contributed by atoms with Crippen molar-refractivity contribution in [1.82, 2.24) is 10.2 Å². The first-order valence-corrected chi connectivity index (χ1v) is 6.22. The Bertz CT molecular complexity index is 525. The van der Waals surface area contributed by atoms with Crippen molar-refractivity contribution in [2.75, 3.05) is 17.2 Å². The summed E-state index contributed by atoms with van der Waals surface area (Å²) in [5.74, 6) is 0.253. The van der Waals surface area contributed by atoms with Crippen LogP contribution in [-0.4, -0.2) is 22.6 Å². The van der Waals surface area contributed by atoms with Gasteiger partial charge in [-0.1, -0.05) is 6.92 Å². The standard InChI is InChI=1S/C14H16N4O/c1-2-9-15-12-7-5-11(6-8-12)14(19)17-13-4-3-10-16-18-13/h3-8,10,15H,2,9H2,1H3,(H,17,18,19). The molecule has 98 valence electrons. The maximum absolute atomic E-state index is 11.9. The van der Waals surface area contributed by atoms with E-state index in [1.165, 1.54) is 0 Å². The zero-order valence-corrected chi connectivity index (χ0v) is 10.8. The van der Waals surface area contributed by atoms with Gasteiger partial charge in [-0.2, -0.15) is 5.10 Å². The topological polar surface area (TPSA) is 66.9 Å². The second-order valence-corrected chi connectivity index (χ2v) is 4.07. The van der Waals surface area contributed by atoms with Crippen molar-refractivity contribution < 1.29 is 4.79 Å². The Morgan fingerprint density at radius 2 is 2.00 bits per heavy atom. The predicted molar refractivity (Wildman–Crippen MR) is 75.2 cm³/mol. The van der Waals surface area contributed by atoms with E-state index < -0.39 is 0 Å². The molecule has 0 aliphatic heterocycles. The number of anilines is 2. The van der Waals surface area contributed by atoms with Gasteiger partial charge in [0.25, 0.3) is 5.91 Å². The second kappa shape index (κ2) is 6.49. The Morgan fingerprint density at radius 1 is 1.21 bits per heavy atom. The summed E-state index contributed by atoms with van der Waals surface area (Å²) in [4.78, 5) is 11.9. The van der Waals surface area contributed by atoms with Crippen molar-refractivity contribution in [3.05, 3.63) is 48.2 Å². The number of aromatic nitrogens is 2. The molecule has 1 aromatic heterocycles. The van der Waals surface area contributed by atoms with Crippen LogP contribution in [0.25, 0.3) is 0 Å². The van der Waals surface area contributed by atoms with Crippen LogP contribution in [0.1, 0.15) is 23.7 Å². The Kier molecular flexibility index (Phi) is 4.44. The fourth-order valence-corrected chi connectivity index (χ4v) is 1.57. The molecule has 0 saturated carbocycles. The van der Waals surface area contributed by atoms with Crippen LogP contribution in [0.15, 0.2) is 42.6 Å². The van der Waals surface area contributed by atoms with E-state index in [1.54, 1.807) is 30.5 Å². The molecule has 0 radical (unpaired) electrons. The first-order chi connectivity index (χ1) is 9.29. The molecule has 19 heavy (non-hydrogen) atoms. The zero-order valence-electron chi connectivity index (χ0n) is 10.8. The van der Waals surface area contributed by atoms with Crippen LogP contribution >= 0.6 is 0 Å². The fraction of sp³-hybridized carbons (Fsp3) is 0.214. The molecule has 1 amide bonds. The van der Waals surface area contributed by atoms with Crippen molar-refractivity contribution in [1.29, 1.82) is 0 Å². The van der Waals surface area contributed by atoms with E-state index in [0.717, 1.165) is 18.7 Å². The number of nitrogens with zero attached hydrogens (tertiary/aromatic N) is 2. The molecule has 0 bridgehead atoms.